The van der Waals surface area contributed by atoms with Gasteiger partial charge in [-0.1, -0.05) is 144 Å². The van der Waals surface area contributed by atoms with E-state index in [1.54, 1.807) is 0 Å². The lowest BCUT2D eigenvalue weighted by molar-refractivity contribution is 0.670. The van der Waals surface area contributed by atoms with E-state index in [4.69, 9.17) is 4.98 Å². The Kier molecular flexibility index (Phi) is 9.81. The average Bonchev–Trinajstić information content (AvgIpc) is 3.79. The topological polar surface area (TPSA) is 17.8 Å². The number of fused-ring (bicyclic) bond motifs is 6. The SMILES string of the molecule is Bc1c(B)c(B)c2c(c1B)-c1c(B)c(B)c(-c3c4ccccc4c(-c4ccc(-c5ccccc5-n5c(C(B)(B)C(B)(B)B)nc6ccccc65)cc4)c4ccccc34)c(B)c1C2(C)C. The van der Waals surface area contributed by atoms with E-state index in [1.165, 1.54) is 115 Å². The van der Waals surface area contributed by atoms with Gasteiger partial charge in [-0.3, -0.25) is 4.57 Å². The fourth-order valence-corrected chi connectivity index (χ4v) is 11.6. The van der Waals surface area contributed by atoms with Crippen LogP contribution in [0, 0.1) is 0 Å². The first-order valence-electron chi connectivity index (χ1n) is 23.2. The Hall–Kier alpha value is -5.47. The van der Waals surface area contributed by atoms with Crippen LogP contribution < -0.4 is 38.2 Å². The van der Waals surface area contributed by atoms with Crippen molar-refractivity contribution in [3.05, 3.63) is 138 Å². The first-order chi connectivity index (χ1) is 30.4. The summed E-state index contributed by atoms with van der Waals surface area (Å²) in [7, 11) is 28.1. The zero-order valence-corrected chi connectivity index (χ0v) is 40.4. The second-order valence-electron chi connectivity index (χ2n) is 20.9. The van der Waals surface area contributed by atoms with Gasteiger partial charge >= 0.3 is 0 Å². The highest BCUT2D eigenvalue weighted by molar-refractivity contribution is 6.67. The van der Waals surface area contributed by atoms with Crippen LogP contribution in [-0.2, 0) is 10.6 Å². The van der Waals surface area contributed by atoms with E-state index < -0.39 is 0 Å². The van der Waals surface area contributed by atoms with Crippen LogP contribution in [0.1, 0.15) is 30.8 Å². The number of para-hydroxylation sites is 3. The van der Waals surface area contributed by atoms with Crippen molar-refractivity contribution in [3.8, 4) is 50.2 Å². The first kappa shape index (κ1) is 42.5. The van der Waals surface area contributed by atoms with Crippen molar-refractivity contribution in [3.63, 3.8) is 0 Å². The molecule has 0 amide bonds. The van der Waals surface area contributed by atoms with Gasteiger partial charge in [0.15, 0.2) is 0 Å². The number of nitrogens with zero attached hydrogens (tertiary/aromatic N) is 2. The van der Waals surface area contributed by atoms with Crippen LogP contribution in [0.5, 0.6) is 0 Å². The molecule has 0 spiro atoms. The van der Waals surface area contributed by atoms with Crippen molar-refractivity contribution >= 4 is 165 Å². The minimum atomic E-state index is -0.204. The first-order valence-corrected chi connectivity index (χ1v) is 23.2. The highest BCUT2D eigenvalue weighted by atomic mass is 15.1. The smallest absolute Gasteiger partial charge is 0.140 e. The molecule has 64 heavy (non-hydrogen) atoms. The van der Waals surface area contributed by atoms with Crippen LogP contribution in [0.25, 0.3) is 82.8 Å². The summed E-state index contributed by atoms with van der Waals surface area (Å²) in [6.45, 7) is 4.93. The van der Waals surface area contributed by atoms with E-state index in [-0.39, 0.29) is 15.7 Å². The Morgan fingerprint density at radius 3 is 1.48 bits per heavy atom. The van der Waals surface area contributed by atoms with Gasteiger partial charge < -0.3 is 0 Å². The summed E-state index contributed by atoms with van der Waals surface area (Å²) < 4.78 is 2.42. The molecular weight excluding hydrogens is 758 g/mol. The highest BCUT2D eigenvalue weighted by Gasteiger charge is 2.42. The van der Waals surface area contributed by atoms with E-state index in [9.17, 15) is 0 Å². The van der Waals surface area contributed by atoms with Crippen molar-refractivity contribution in [2.24, 2.45) is 0 Å². The zero-order chi connectivity index (χ0) is 45.4. The van der Waals surface area contributed by atoms with E-state index in [2.05, 4.69) is 234 Å². The maximum atomic E-state index is 5.33. The molecule has 0 atom stereocenters. The fourth-order valence-electron chi connectivity index (χ4n) is 11.6. The molecule has 0 radical (unpaired) electrons. The molecule has 0 saturated carbocycles. The predicted octanol–water partition coefficient (Wildman–Crippen LogP) is -4.16. The molecule has 14 heteroatoms. The Labute approximate surface area is 390 Å². The van der Waals surface area contributed by atoms with E-state index >= 15 is 0 Å². The number of hydrogen-bond acceptors (Lipinski definition) is 1. The van der Waals surface area contributed by atoms with Crippen LogP contribution >= 0.6 is 0 Å². The lowest BCUT2D eigenvalue weighted by Gasteiger charge is -2.39. The Balaban J connectivity index is 1.17. The zero-order valence-electron chi connectivity index (χ0n) is 40.4. The standard InChI is InChI=1S/C50H50B12N2/c1-48(2)38-35(36-39(48)44(55)46(57)45(56)42(36)53)41(52)43(54)37(40(38)51)34-28-14-5-3-12-26(28)33(27-13-4-6-15-29(27)34)24-21-19-23(20-22-24)25-11-7-9-17-31(25)64-32-18-10-8-16-30(32)63-47(64)49(58,59)50(60,61)62/h3-22H,51-62H2,1-2H3. The Morgan fingerprint density at radius 2 is 0.891 bits per heavy atom. The third kappa shape index (κ3) is 5.92. The van der Waals surface area contributed by atoms with Crippen molar-refractivity contribution < 1.29 is 0 Å². The molecule has 0 fully saturated rings. The number of aromatic nitrogens is 2. The molecule has 0 bridgehead atoms. The molecule has 1 aliphatic carbocycles. The molecular formula is C50H50B12N2. The minimum Gasteiger partial charge on any atom is -0.296 e. The Bertz CT molecular complexity index is 3400. The summed E-state index contributed by atoms with van der Waals surface area (Å²) in [6, 6.07) is 45.0. The fraction of sp³-hybridized carbons (Fsp3) is 0.100. The van der Waals surface area contributed by atoms with Gasteiger partial charge in [-0.15, -0.1) is 16.0 Å². The monoisotopic (exact) mass is 811 g/mol. The van der Waals surface area contributed by atoms with E-state index in [0.717, 1.165) is 22.5 Å². The highest BCUT2D eigenvalue weighted by Crippen LogP contribution is 2.48. The lowest BCUT2D eigenvalue weighted by atomic mass is 9.23. The summed E-state index contributed by atoms with van der Waals surface area (Å²) in [5, 5.41) is 4.93. The maximum absolute atomic E-state index is 5.33. The second-order valence-corrected chi connectivity index (χ2v) is 20.9. The molecule has 1 heterocycles. The van der Waals surface area contributed by atoms with Crippen LogP contribution in [0.2, 0.25) is 5.11 Å². The molecule has 1 aliphatic rings. The van der Waals surface area contributed by atoms with Crippen molar-refractivity contribution in [2.75, 3.05) is 0 Å². The number of hydrogen-bond donors (Lipinski definition) is 0. The van der Waals surface area contributed by atoms with Crippen molar-refractivity contribution in [1.82, 2.24) is 9.55 Å². The van der Waals surface area contributed by atoms with Crippen molar-refractivity contribution in [1.29, 1.82) is 0 Å². The van der Waals surface area contributed by atoms with Gasteiger partial charge in [-0.05, 0) is 95.0 Å². The molecule has 296 valence electrons. The largest absolute Gasteiger partial charge is 0.296 e. The van der Waals surface area contributed by atoms with Crippen LogP contribution in [0.15, 0.2) is 121 Å². The van der Waals surface area contributed by atoms with Crippen LogP contribution in [0.3, 0.4) is 0 Å². The molecule has 1 aromatic heterocycles. The van der Waals surface area contributed by atoms with Gasteiger partial charge in [-0.2, -0.15) is 0 Å². The summed E-state index contributed by atoms with van der Waals surface area (Å²) in [6.07, 6.45) is 0. The summed E-state index contributed by atoms with van der Waals surface area (Å²) in [5.74, 6) is 1.08. The van der Waals surface area contributed by atoms with Gasteiger partial charge in [0, 0.05) is 11.0 Å². The molecule has 9 aromatic rings. The number of rotatable bonds is 6. The van der Waals surface area contributed by atoms with Crippen molar-refractivity contribution in [2.45, 2.75) is 29.6 Å². The van der Waals surface area contributed by atoms with Crippen LogP contribution in [-0.4, -0.2) is 104 Å². The van der Waals surface area contributed by atoms with Gasteiger partial charge in [0.1, 0.15) is 76.4 Å². The summed E-state index contributed by atoms with van der Waals surface area (Å²) >= 11 is 0. The maximum Gasteiger partial charge on any atom is 0.140 e. The minimum absolute atomic E-state index is 0.0142. The molecule has 8 aromatic carbocycles. The Morgan fingerprint density at radius 1 is 0.438 bits per heavy atom. The molecule has 0 saturated heterocycles. The number of imidazole rings is 1. The molecule has 0 aliphatic heterocycles. The van der Waals surface area contributed by atoms with Gasteiger partial charge in [-0.25, -0.2) is 4.98 Å². The lowest BCUT2D eigenvalue weighted by Crippen LogP contribution is -2.51. The van der Waals surface area contributed by atoms with E-state index in [1.807, 2.05) is 0 Å². The average molecular weight is 809 g/mol. The predicted molar refractivity (Wildman–Crippen MR) is 314 cm³/mol. The molecule has 0 N–H and O–H groups in total. The normalized spacial score (nSPS) is 13.4. The number of benzene rings is 8. The van der Waals surface area contributed by atoms with Gasteiger partial charge in [0.25, 0.3) is 0 Å². The molecule has 10 rings (SSSR count). The summed E-state index contributed by atoms with van der Waals surface area (Å²) in [4.78, 5) is 5.33. The third-order valence-electron chi connectivity index (χ3n) is 16.3. The van der Waals surface area contributed by atoms with Gasteiger partial charge in [0.05, 0.1) is 40.3 Å². The quantitative estimate of drug-likeness (QED) is 0.124. The van der Waals surface area contributed by atoms with Gasteiger partial charge in [0.2, 0.25) is 0 Å². The molecule has 0 unspecified atom stereocenters. The summed E-state index contributed by atoms with van der Waals surface area (Å²) in [5.41, 5.74) is 26.6. The molecule has 2 nitrogen and oxygen atoms in total. The second kappa shape index (κ2) is 14.8. The van der Waals surface area contributed by atoms with Crippen LogP contribution in [0.4, 0.5) is 0 Å². The van der Waals surface area contributed by atoms with E-state index in [0.29, 0.717) is 0 Å². The third-order valence-corrected chi connectivity index (χ3v) is 16.3.